The number of rotatable bonds is 1. The molecule has 0 aliphatic carbocycles. The molecular weight excluding hydrogens is 267 g/mol. The van der Waals surface area contributed by atoms with Crippen LogP contribution in [0.25, 0.3) is 0 Å². The number of hydrogen-bond donors (Lipinski definition) is 1. The van der Waals surface area contributed by atoms with Crippen molar-refractivity contribution in [1.29, 1.82) is 0 Å². The minimum absolute atomic E-state index is 0.0258. The van der Waals surface area contributed by atoms with Gasteiger partial charge in [0.2, 0.25) is 0 Å². The molecule has 1 heterocycles. The molecular formula is C17H15FN2O. The summed E-state index contributed by atoms with van der Waals surface area (Å²) in [6.45, 7) is 1.97. The van der Waals surface area contributed by atoms with Gasteiger partial charge in [-0.05, 0) is 19.1 Å². The highest BCUT2D eigenvalue weighted by Crippen LogP contribution is 2.23. The van der Waals surface area contributed by atoms with Gasteiger partial charge in [0.05, 0.1) is 5.71 Å². The quantitative estimate of drug-likeness (QED) is 0.873. The minimum atomic E-state index is -0.952. The predicted octanol–water partition coefficient (Wildman–Crippen LogP) is 2.38. The Balaban J connectivity index is 2.25. The van der Waals surface area contributed by atoms with Gasteiger partial charge in [-0.15, -0.1) is 0 Å². The number of benzene rings is 2. The third-order valence-corrected chi connectivity index (χ3v) is 3.61. The number of nitrogens with zero attached hydrogens (tertiary/aromatic N) is 1. The summed E-state index contributed by atoms with van der Waals surface area (Å²) in [5.41, 5.74) is 9.31. The van der Waals surface area contributed by atoms with Crippen molar-refractivity contribution in [2.75, 3.05) is 0 Å². The van der Waals surface area contributed by atoms with Gasteiger partial charge in [-0.3, -0.25) is 9.79 Å². The molecule has 2 N–H and O–H groups in total. The van der Waals surface area contributed by atoms with Crippen LogP contribution in [0.15, 0.2) is 47.5 Å². The summed E-state index contributed by atoms with van der Waals surface area (Å²) in [6, 6.07) is 12.5. The molecule has 0 amide bonds. The van der Waals surface area contributed by atoms with Gasteiger partial charge in [0.15, 0.2) is 11.9 Å². The van der Waals surface area contributed by atoms with Crippen molar-refractivity contribution >= 4 is 11.5 Å². The van der Waals surface area contributed by atoms with Crippen LogP contribution in [0.2, 0.25) is 0 Å². The number of fused-ring (bicyclic) bond motifs is 1. The summed E-state index contributed by atoms with van der Waals surface area (Å²) < 4.78 is 14.1. The molecule has 0 aromatic heterocycles. The summed E-state index contributed by atoms with van der Waals surface area (Å²) in [7, 11) is 0. The second-order valence-electron chi connectivity index (χ2n) is 5.20. The number of nitrogens with two attached hydrogens (primary N) is 1. The van der Waals surface area contributed by atoms with E-state index in [0.717, 1.165) is 11.1 Å². The van der Waals surface area contributed by atoms with Crippen LogP contribution < -0.4 is 5.73 Å². The standard InChI is InChI=1S/C17H15FN2O/c1-10-4-2-5-11(8-10)16-12-6-3-7-14(18)13(12)9-15(21)17(19)20-16/h2-8,17H,9,19H2,1H3. The van der Waals surface area contributed by atoms with Gasteiger partial charge >= 0.3 is 0 Å². The summed E-state index contributed by atoms with van der Waals surface area (Å²) in [5, 5.41) is 0. The second-order valence-corrected chi connectivity index (χ2v) is 5.20. The predicted molar refractivity (Wildman–Crippen MR) is 79.9 cm³/mol. The minimum Gasteiger partial charge on any atom is -0.303 e. The van der Waals surface area contributed by atoms with E-state index in [-0.39, 0.29) is 12.2 Å². The van der Waals surface area contributed by atoms with Crippen LogP contribution in [0.3, 0.4) is 0 Å². The van der Waals surface area contributed by atoms with Crippen molar-refractivity contribution in [3.63, 3.8) is 0 Å². The van der Waals surface area contributed by atoms with Crippen molar-refractivity contribution in [2.45, 2.75) is 19.5 Å². The number of aryl methyl sites for hydroxylation is 1. The Labute approximate surface area is 122 Å². The van der Waals surface area contributed by atoms with Crippen molar-refractivity contribution in [3.05, 3.63) is 70.5 Å². The first-order valence-corrected chi connectivity index (χ1v) is 6.77. The lowest BCUT2D eigenvalue weighted by molar-refractivity contribution is -0.119. The smallest absolute Gasteiger partial charge is 0.176 e. The van der Waals surface area contributed by atoms with E-state index in [9.17, 15) is 9.18 Å². The Kier molecular flexibility index (Phi) is 3.39. The molecule has 21 heavy (non-hydrogen) atoms. The third-order valence-electron chi connectivity index (χ3n) is 3.61. The summed E-state index contributed by atoms with van der Waals surface area (Å²) in [4.78, 5) is 16.3. The molecule has 2 aromatic rings. The normalized spacial score (nSPS) is 18.0. The van der Waals surface area contributed by atoms with Gasteiger partial charge < -0.3 is 5.73 Å². The highest BCUT2D eigenvalue weighted by atomic mass is 19.1. The zero-order chi connectivity index (χ0) is 15.0. The number of aliphatic imine (C=N–C) groups is 1. The summed E-state index contributed by atoms with van der Waals surface area (Å²) in [6.07, 6.45) is -0.977. The zero-order valence-corrected chi connectivity index (χ0v) is 11.6. The topological polar surface area (TPSA) is 55.4 Å². The van der Waals surface area contributed by atoms with Crippen LogP contribution in [0.5, 0.6) is 0 Å². The van der Waals surface area contributed by atoms with Crippen molar-refractivity contribution in [2.24, 2.45) is 10.7 Å². The SMILES string of the molecule is Cc1cccc(C2=NC(N)C(=O)Cc3c(F)cccc32)c1. The first-order valence-electron chi connectivity index (χ1n) is 6.77. The highest BCUT2D eigenvalue weighted by molar-refractivity contribution is 6.16. The first-order chi connectivity index (χ1) is 10.1. The molecule has 0 radical (unpaired) electrons. The Bertz CT molecular complexity index is 752. The van der Waals surface area contributed by atoms with Crippen LogP contribution in [0.4, 0.5) is 4.39 Å². The lowest BCUT2D eigenvalue weighted by Gasteiger charge is -2.11. The Morgan fingerprint density at radius 3 is 2.76 bits per heavy atom. The molecule has 0 spiro atoms. The largest absolute Gasteiger partial charge is 0.303 e. The zero-order valence-electron chi connectivity index (χ0n) is 11.6. The molecule has 0 fully saturated rings. The van der Waals surface area contributed by atoms with Gasteiger partial charge in [0.25, 0.3) is 0 Å². The fourth-order valence-electron chi connectivity index (χ4n) is 2.54. The average molecular weight is 282 g/mol. The van der Waals surface area contributed by atoms with Crippen LogP contribution >= 0.6 is 0 Å². The molecule has 3 rings (SSSR count). The van der Waals surface area contributed by atoms with E-state index in [4.69, 9.17) is 5.73 Å². The van der Waals surface area contributed by atoms with E-state index in [1.807, 2.05) is 31.2 Å². The van der Waals surface area contributed by atoms with E-state index in [1.165, 1.54) is 6.07 Å². The van der Waals surface area contributed by atoms with Gasteiger partial charge in [0, 0.05) is 23.1 Å². The van der Waals surface area contributed by atoms with Gasteiger partial charge in [-0.2, -0.15) is 0 Å². The van der Waals surface area contributed by atoms with E-state index in [0.29, 0.717) is 16.8 Å². The maximum absolute atomic E-state index is 14.1. The molecule has 0 bridgehead atoms. The van der Waals surface area contributed by atoms with Crippen LogP contribution in [0, 0.1) is 12.7 Å². The van der Waals surface area contributed by atoms with Crippen molar-refractivity contribution < 1.29 is 9.18 Å². The molecule has 2 aromatic carbocycles. The molecule has 1 unspecified atom stereocenters. The number of Topliss-reactive ketones (excluding diaryl/α,β-unsaturated/α-hetero) is 1. The first kappa shape index (κ1) is 13.6. The summed E-state index contributed by atoms with van der Waals surface area (Å²) in [5.74, 6) is -0.667. The fourth-order valence-corrected chi connectivity index (χ4v) is 2.54. The summed E-state index contributed by atoms with van der Waals surface area (Å²) >= 11 is 0. The van der Waals surface area contributed by atoms with E-state index in [1.54, 1.807) is 12.1 Å². The Morgan fingerprint density at radius 2 is 2.00 bits per heavy atom. The maximum Gasteiger partial charge on any atom is 0.176 e. The van der Waals surface area contributed by atoms with E-state index >= 15 is 0 Å². The van der Waals surface area contributed by atoms with Crippen LogP contribution in [-0.2, 0) is 11.2 Å². The van der Waals surface area contributed by atoms with E-state index in [2.05, 4.69) is 4.99 Å². The fraction of sp³-hybridized carbons (Fsp3) is 0.176. The van der Waals surface area contributed by atoms with Gasteiger partial charge in [0.1, 0.15) is 5.82 Å². The number of halogens is 1. The number of hydrogen-bond acceptors (Lipinski definition) is 3. The molecule has 106 valence electrons. The molecule has 1 aliphatic rings. The Morgan fingerprint density at radius 1 is 1.24 bits per heavy atom. The molecule has 0 saturated heterocycles. The van der Waals surface area contributed by atoms with E-state index < -0.39 is 12.0 Å². The molecule has 1 aliphatic heterocycles. The second kappa shape index (κ2) is 5.22. The van der Waals surface area contributed by atoms with Crippen molar-refractivity contribution in [1.82, 2.24) is 0 Å². The molecule has 0 saturated carbocycles. The average Bonchev–Trinajstić information content (AvgIpc) is 2.58. The Hall–Kier alpha value is -2.33. The molecule has 1 atom stereocenters. The molecule has 4 heteroatoms. The lowest BCUT2D eigenvalue weighted by atomic mass is 9.95. The van der Waals surface area contributed by atoms with Crippen molar-refractivity contribution in [3.8, 4) is 0 Å². The third kappa shape index (κ3) is 2.50. The maximum atomic E-state index is 14.1. The lowest BCUT2D eigenvalue weighted by Crippen LogP contribution is -2.29. The number of ketones is 1. The number of carbonyl (C=O) groups is 1. The van der Waals surface area contributed by atoms with Gasteiger partial charge in [-0.1, -0.05) is 35.9 Å². The van der Waals surface area contributed by atoms with Crippen LogP contribution in [0.1, 0.15) is 22.3 Å². The highest BCUT2D eigenvalue weighted by Gasteiger charge is 2.25. The number of carbonyl (C=O) groups excluding carboxylic acids is 1. The monoisotopic (exact) mass is 282 g/mol. The van der Waals surface area contributed by atoms with Crippen LogP contribution in [-0.4, -0.2) is 17.7 Å². The van der Waals surface area contributed by atoms with Gasteiger partial charge in [-0.25, -0.2) is 4.39 Å². The molecule has 3 nitrogen and oxygen atoms in total.